The number of nitrogens with zero attached hydrogens (tertiary/aromatic N) is 4. The van der Waals surface area contributed by atoms with Crippen LogP contribution in [0.2, 0.25) is 0 Å². The summed E-state index contributed by atoms with van der Waals surface area (Å²) in [6.07, 6.45) is 1.84. The summed E-state index contributed by atoms with van der Waals surface area (Å²) in [7, 11) is 1.83. The van der Waals surface area contributed by atoms with Crippen LogP contribution in [0.4, 0.5) is 5.82 Å². The van der Waals surface area contributed by atoms with E-state index in [1.165, 1.54) is 0 Å². The van der Waals surface area contributed by atoms with Crippen molar-refractivity contribution in [1.29, 1.82) is 0 Å². The lowest BCUT2D eigenvalue weighted by molar-refractivity contribution is 0.369. The highest BCUT2D eigenvalue weighted by Crippen LogP contribution is 2.18. The predicted octanol–water partition coefficient (Wildman–Crippen LogP) is 3.34. The largest absolute Gasteiger partial charge is 0.459 e. The number of rotatable bonds is 3. The van der Waals surface area contributed by atoms with Gasteiger partial charge in [-0.3, -0.25) is 4.99 Å². The fraction of sp³-hybridized carbons (Fsp3) is 0.300. The molecule has 7 heteroatoms. The fourth-order valence-corrected chi connectivity index (χ4v) is 3.31. The Morgan fingerprint density at radius 2 is 1.89 bits per heavy atom. The Hall–Kier alpha value is -2.29. The van der Waals surface area contributed by atoms with Crippen LogP contribution in [0.1, 0.15) is 5.76 Å². The molecule has 1 fully saturated rings. The first kappa shape index (κ1) is 19.5. The second-order valence-electron chi connectivity index (χ2n) is 6.31. The predicted molar refractivity (Wildman–Crippen MR) is 120 cm³/mol. The number of aliphatic imine (C=N–C) groups is 1. The minimum absolute atomic E-state index is 0. The van der Waals surface area contributed by atoms with E-state index in [1.807, 2.05) is 43.6 Å². The van der Waals surface area contributed by atoms with Crippen molar-refractivity contribution < 1.29 is 4.42 Å². The highest BCUT2D eigenvalue weighted by atomic mass is 127. The summed E-state index contributed by atoms with van der Waals surface area (Å²) in [5, 5.41) is 4.55. The fourth-order valence-electron chi connectivity index (χ4n) is 3.31. The van der Waals surface area contributed by atoms with Gasteiger partial charge < -0.3 is 19.5 Å². The molecule has 0 radical (unpaired) electrons. The molecular weight excluding hydrogens is 453 g/mol. The van der Waals surface area contributed by atoms with Crippen LogP contribution in [0, 0.1) is 0 Å². The van der Waals surface area contributed by atoms with Gasteiger partial charge in [0.25, 0.3) is 0 Å². The highest BCUT2D eigenvalue weighted by molar-refractivity contribution is 14.0. The molecule has 0 spiro atoms. The van der Waals surface area contributed by atoms with E-state index in [0.29, 0.717) is 6.54 Å². The van der Waals surface area contributed by atoms with Crippen molar-refractivity contribution >= 4 is 46.7 Å². The summed E-state index contributed by atoms with van der Waals surface area (Å²) in [6, 6.07) is 16.2. The molecule has 2 aromatic heterocycles. The molecular formula is C20H24IN5O. The van der Waals surface area contributed by atoms with E-state index in [1.54, 1.807) is 0 Å². The van der Waals surface area contributed by atoms with Crippen molar-refractivity contribution in [3.63, 3.8) is 0 Å². The number of piperazine rings is 1. The van der Waals surface area contributed by atoms with Crippen LogP contribution in [0.3, 0.4) is 0 Å². The van der Waals surface area contributed by atoms with E-state index < -0.39 is 0 Å². The minimum Gasteiger partial charge on any atom is -0.459 e. The third kappa shape index (κ3) is 4.52. The topological polar surface area (TPSA) is 56.9 Å². The zero-order chi connectivity index (χ0) is 17.8. The highest BCUT2D eigenvalue weighted by Gasteiger charge is 2.20. The van der Waals surface area contributed by atoms with Gasteiger partial charge in [0.05, 0.1) is 6.54 Å². The molecule has 0 unspecified atom stereocenters. The Morgan fingerprint density at radius 1 is 1.11 bits per heavy atom. The first-order chi connectivity index (χ1) is 12.8. The quantitative estimate of drug-likeness (QED) is 0.357. The Labute approximate surface area is 176 Å². The Kier molecular flexibility index (Phi) is 6.54. The maximum atomic E-state index is 5.87. The van der Waals surface area contributed by atoms with Gasteiger partial charge in [-0.25, -0.2) is 4.98 Å². The average Bonchev–Trinajstić information content (AvgIpc) is 3.12. The molecule has 1 aromatic carbocycles. The summed E-state index contributed by atoms with van der Waals surface area (Å²) in [4.78, 5) is 13.5. The zero-order valence-electron chi connectivity index (χ0n) is 15.3. The van der Waals surface area contributed by atoms with Crippen molar-refractivity contribution in [2.75, 3.05) is 38.1 Å². The van der Waals surface area contributed by atoms with Crippen LogP contribution in [0.5, 0.6) is 0 Å². The summed E-state index contributed by atoms with van der Waals surface area (Å²) in [5.41, 5.74) is 0.920. The molecule has 0 amide bonds. The maximum Gasteiger partial charge on any atom is 0.194 e. The second kappa shape index (κ2) is 9.07. The normalized spacial score (nSPS) is 14.9. The lowest BCUT2D eigenvalue weighted by Gasteiger charge is -2.37. The van der Waals surface area contributed by atoms with E-state index in [9.17, 15) is 0 Å². The first-order valence-electron chi connectivity index (χ1n) is 8.92. The Balaban J connectivity index is 0.00000210. The molecule has 3 heterocycles. The molecule has 0 saturated carbocycles. The van der Waals surface area contributed by atoms with Crippen molar-refractivity contribution in [2.24, 2.45) is 4.99 Å². The number of furan rings is 1. The van der Waals surface area contributed by atoms with Gasteiger partial charge in [0.2, 0.25) is 0 Å². The van der Waals surface area contributed by atoms with Gasteiger partial charge in [0.1, 0.15) is 17.2 Å². The monoisotopic (exact) mass is 477 g/mol. The lowest BCUT2D eigenvalue weighted by Crippen LogP contribution is -2.52. The number of benzene rings is 1. The molecule has 0 bridgehead atoms. The first-order valence-corrected chi connectivity index (χ1v) is 8.92. The number of hydrogen-bond donors (Lipinski definition) is 1. The number of aromatic nitrogens is 1. The Morgan fingerprint density at radius 3 is 2.59 bits per heavy atom. The van der Waals surface area contributed by atoms with Gasteiger partial charge in [0.15, 0.2) is 5.96 Å². The smallest absolute Gasteiger partial charge is 0.194 e. The molecule has 142 valence electrons. The van der Waals surface area contributed by atoms with Crippen LogP contribution < -0.4 is 10.2 Å². The van der Waals surface area contributed by atoms with Gasteiger partial charge >= 0.3 is 0 Å². The van der Waals surface area contributed by atoms with Crippen LogP contribution in [0.15, 0.2) is 64.1 Å². The summed E-state index contributed by atoms with van der Waals surface area (Å²) in [6.45, 7) is 4.32. The molecule has 1 N–H and O–H groups in total. The van der Waals surface area contributed by atoms with Gasteiger partial charge in [-0.05, 0) is 24.3 Å². The molecule has 0 atom stereocenters. The number of halogens is 1. The second-order valence-corrected chi connectivity index (χ2v) is 6.31. The van der Waals surface area contributed by atoms with Crippen LogP contribution >= 0.6 is 24.0 Å². The number of nitrogens with one attached hydrogen (secondary N) is 1. The van der Waals surface area contributed by atoms with Gasteiger partial charge in [-0.1, -0.05) is 24.3 Å². The van der Waals surface area contributed by atoms with E-state index in [4.69, 9.17) is 4.42 Å². The Bertz CT molecular complexity index is 855. The van der Waals surface area contributed by atoms with E-state index in [2.05, 4.69) is 43.3 Å². The van der Waals surface area contributed by atoms with Crippen molar-refractivity contribution in [1.82, 2.24) is 15.2 Å². The number of pyridine rings is 1. The standard InChI is InChI=1S/C20H23N5O.HI/c1-21-20(23-15-17-14-16-6-2-3-7-18(16)26-17)25-12-10-24(11-13-25)19-8-4-5-9-22-19;/h2-9,14H,10-13,15H2,1H3,(H,21,23);1H. The molecule has 4 rings (SSSR count). The lowest BCUT2D eigenvalue weighted by atomic mass is 10.2. The van der Waals surface area contributed by atoms with Gasteiger partial charge in [-0.2, -0.15) is 0 Å². The molecule has 1 saturated heterocycles. The molecule has 27 heavy (non-hydrogen) atoms. The van der Waals surface area contributed by atoms with Gasteiger partial charge in [0, 0.05) is 44.8 Å². The zero-order valence-corrected chi connectivity index (χ0v) is 17.7. The molecule has 3 aromatic rings. The number of guanidine groups is 1. The minimum atomic E-state index is 0. The summed E-state index contributed by atoms with van der Waals surface area (Å²) >= 11 is 0. The van der Waals surface area contributed by atoms with E-state index >= 15 is 0 Å². The SMILES string of the molecule is CN=C(NCc1cc2ccccc2o1)N1CCN(c2ccccn2)CC1.I. The number of anilines is 1. The van der Waals surface area contributed by atoms with E-state index in [-0.39, 0.29) is 24.0 Å². The van der Waals surface area contributed by atoms with E-state index in [0.717, 1.165) is 54.7 Å². The number of hydrogen-bond acceptors (Lipinski definition) is 4. The summed E-state index contributed by atoms with van der Waals surface area (Å²) < 4.78 is 5.87. The number of fused-ring (bicyclic) bond motifs is 1. The maximum absolute atomic E-state index is 5.87. The van der Waals surface area contributed by atoms with Crippen LogP contribution in [-0.2, 0) is 6.54 Å². The van der Waals surface area contributed by atoms with Crippen LogP contribution in [0.25, 0.3) is 11.0 Å². The molecule has 0 aliphatic carbocycles. The third-order valence-corrected chi connectivity index (χ3v) is 4.66. The molecule has 6 nitrogen and oxygen atoms in total. The van der Waals surface area contributed by atoms with Crippen molar-refractivity contribution in [3.05, 3.63) is 60.5 Å². The van der Waals surface area contributed by atoms with Crippen molar-refractivity contribution in [2.45, 2.75) is 6.54 Å². The average molecular weight is 477 g/mol. The van der Waals surface area contributed by atoms with Gasteiger partial charge in [-0.15, -0.1) is 24.0 Å². The summed E-state index contributed by atoms with van der Waals surface area (Å²) in [5.74, 6) is 2.86. The molecule has 1 aliphatic heterocycles. The number of para-hydroxylation sites is 1. The molecule has 1 aliphatic rings. The van der Waals surface area contributed by atoms with Crippen molar-refractivity contribution in [3.8, 4) is 0 Å². The third-order valence-electron chi connectivity index (χ3n) is 4.66. The van der Waals surface area contributed by atoms with Crippen LogP contribution in [-0.4, -0.2) is 49.1 Å².